The number of carbonyl (C=O) groups is 7. The second kappa shape index (κ2) is 16.6. The quantitative estimate of drug-likeness (QED) is 0.209. The van der Waals surface area contributed by atoms with Gasteiger partial charge in [0.15, 0.2) is 29.0 Å². The summed E-state index contributed by atoms with van der Waals surface area (Å²) in [5.41, 5.74) is 0.769. The molecular weight excluding hydrogens is 582 g/mol. The Labute approximate surface area is 251 Å². The van der Waals surface area contributed by atoms with Crippen LogP contribution < -0.4 is 24.3 Å². The van der Waals surface area contributed by atoms with Crippen LogP contribution in [0.1, 0.15) is 38.8 Å². The molecule has 1 atom stereocenters. The van der Waals surface area contributed by atoms with Crippen LogP contribution >= 0.6 is 0 Å². The number of methoxy groups -OCH3 is 1. The summed E-state index contributed by atoms with van der Waals surface area (Å²) < 4.78 is 29.8. The van der Waals surface area contributed by atoms with Gasteiger partial charge < -0.3 is 33.7 Å². The van der Waals surface area contributed by atoms with Crippen molar-refractivity contribution in [1.29, 1.82) is 0 Å². The predicted molar refractivity (Wildman–Crippen MR) is 151 cm³/mol. The maximum atomic E-state index is 12.5. The summed E-state index contributed by atoms with van der Waals surface area (Å²) in [4.78, 5) is 82.3. The van der Waals surface area contributed by atoms with Crippen molar-refractivity contribution in [2.24, 2.45) is 0 Å². The summed E-state index contributed by atoms with van der Waals surface area (Å²) in [6.07, 6.45) is 4.74. The molecule has 2 aromatic carbocycles. The van der Waals surface area contributed by atoms with Crippen LogP contribution in [0.25, 0.3) is 12.2 Å². The van der Waals surface area contributed by atoms with Gasteiger partial charge in [-0.2, -0.15) is 0 Å². The maximum Gasteiger partial charge on any atom is 0.331 e. The Morgan fingerprint density at radius 2 is 1.09 bits per heavy atom. The fourth-order valence-electron chi connectivity index (χ4n) is 3.28. The molecule has 2 aromatic rings. The number of carbonyl (C=O) groups excluding carboxylic acids is 7. The summed E-state index contributed by atoms with van der Waals surface area (Å²) >= 11 is 0. The van der Waals surface area contributed by atoms with Crippen LogP contribution in [0.5, 0.6) is 23.0 Å². The van der Waals surface area contributed by atoms with E-state index in [9.17, 15) is 33.6 Å². The molecule has 0 saturated heterocycles. The van der Waals surface area contributed by atoms with Gasteiger partial charge in [0.1, 0.15) is 6.61 Å². The average Bonchev–Trinajstić information content (AvgIpc) is 2.93. The Morgan fingerprint density at radius 1 is 0.659 bits per heavy atom. The Kier molecular flexibility index (Phi) is 13.0. The zero-order valence-corrected chi connectivity index (χ0v) is 24.4. The summed E-state index contributed by atoms with van der Waals surface area (Å²) in [7, 11) is 1.08. The normalized spacial score (nSPS) is 11.3. The fraction of sp³-hybridized carbons (Fsp3) is 0.233. The van der Waals surface area contributed by atoms with Crippen molar-refractivity contribution in [2.45, 2.75) is 33.7 Å². The van der Waals surface area contributed by atoms with Crippen molar-refractivity contribution < 1.29 is 62.0 Å². The molecule has 0 aromatic heterocycles. The highest BCUT2D eigenvalue weighted by molar-refractivity contribution is 5.95. The van der Waals surface area contributed by atoms with Gasteiger partial charge in [0.2, 0.25) is 5.91 Å². The molecule has 0 saturated carbocycles. The largest absolute Gasteiger partial charge is 0.467 e. The fourth-order valence-corrected chi connectivity index (χ4v) is 3.28. The van der Waals surface area contributed by atoms with Crippen LogP contribution in [-0.4, -0.2) is 61.5 Å². The highest BCUT2D eigenvalue weighted by Gasteiger charge is 2.22. The van der Waals surface area contributed by atoms with E-state index in [0.29, 0.717) is 11.1 Å². The van der Waals surface area contributed by atoms with Crippen molar-refractivity contribution in [1.82, 2.24) is 5.32 Å². The smallest absolute Gasteiger partial charge is 0.331 e. The topological polar surface area (TPSA) is 187 Å². The minimum Gasteiger partial charge on any atom is -0.467 e. The molecular formula is C30H29NO13. The molecule has 1 amide bonds. The molecule has 232 valence electrons. The van der Waals surface area contributed by atoms with Crippen molar-refractivity contribution in [3.05, 3.63) is 59.7 Å². The Morgan fingerprint density at radius 3 is 1.52 bits per heavy atom. The van der Waals surface area contributed by atoms with Crippen LogP contribution in [0.15, 0.2) is 48.6 Å². The first-order chi connectivity index (χ1) is 20.8. The van der Waals surface area contributed by atoms with E-state index in [-0.39, 0.29) is 23.0 Å². The number of hydrogen-bond donors (Lipinski definition) is 1. The number of benzene rings is 2. The predicted octanol–water partition coefficient (Wildman–Crippen LogP) is 2.32. The van der Waals surface area contributed by atoms with E-state index in [1.807, 2.05) is 0 Å². The monoisotopic (exact) mass is 611 g/mol. The zero-order chi connectivity index (χ0) is 32.8. The van der Waals surface area contributed by atoms with Crippen molar-refractivity contribution >= 4 is 53.9 Å². The highest BCUT2D eigenvalue weighted by atomic mass is 16.6. The lowest BCUT2D eigenvalue weighted by Gasteiger charge is -2.15. The number of ether oxygens (including phenoxy) is 6. The molecule has 0 radical (unpaired) electrons. The maximum absolute atomic E-state index is 12.5. The second-order valence-electron chi connectivity index (χ2n) is 8.67. The van der Waals surface area contributed by atoms with Crippen LogP contribution in [0, 0.1) is 0 Å². The molecule has 0 bridgehead atoms. The number of amides is 1. The number of esters is 6. The van der Waals surface area contributed by atoms with E-state index < -0.39 is 54.4 Å². The first kappa shape index (κ1) is 34.4. The van der Waals surface area contributed by atoms with E-state index >= 15 is 0 Å². The molecule has 1 N–H and O–H groups in total. The van der Waals surface area contributed by atoms with E-state index in [0.717, 1.165) is 33.1 Å². The van der Waals surface area contributed by atoms with E-state index in [1.165, 1.54) is 62.4 Å². The molecule has 0 heterocycles. The molecule has 0 aliphatic heterocycles. The number of hydrogen-bond acceptors (Lipinski definition) is 13. The molecule has 0 fully saturated rings. The molecule has 0 aliphatic rings. The summed E-state index contributed by atoms with van der Waals surface area (Å²) in [6.45, 7) is 4.10. The molecule has 0 unspecified atom stereocenters. The summed E-state index contributed by atoms with van der Waals surface area (Å²) in [6, 6.07) is 7.05. The van der Waals surface area contributed by atoms with Crippen LogP contribution in [0.3, 0.4) is 0 Å². The van der Waals surface area contributed by atoms with Crippen molar-refractivity contribution in [3.63, 3.8) is 0 Å². The average molecular weight is 612 g/mol. The molecule has 2 rings (SSSR count). The third-order valence-corrected chi connectivity index (χ3v) is 4.98. The van der Waals surface area contributed by atoms with Gasteiger partial charge in [-0.1, -0.05) is 12.1 Å². The lowest BCUT2D eigenvalue weighted by molar-refractivity contribution is -0.149. The van der Waals surface area contributed by atoms with Crippen molar-refractivity contribution in [2.75, 3.05) is 13.7 Å². The van der Waals surface area contributed by atoms with Gasteiger partial charge in [0.25, 0.3) is 0 Å². The van der Waals surface area contributed by atoms with Gasteiger partial charge in [-0.05, 0) is 47.5 Å². The molecule has 44 heavy (non-hydrogen) atoms. The standard InChI is InChI=1S/C30H29NO13/c1-17(32)41-24-10-6-21(14-26(24)43-19(3)34)8-12-28(36)31-23(30(38)39-5)16-40-29(37)13-9-22-7-11-25(42-18(2)33)27(15-22)44-20(4)35/h6-15,23H,16H2,1-5H3,(H,31,36)/b12-8+,13-9+/t23-/m1/s1. The zero-order valence-electron chi connectivity index (χ0n) is 24.4. The Balaban J connectivity index is 2.07. The second-order valence-corrected chi connectivity index (χ2v) is 8.67. The van der Waals surface area contributed by atoms with Gasteiger partial charge in [0, 0.05) is 39.8 Å². The van der Waals surface area contributed by atoms with Gasteiger partial charge in [-0.3, -0.25) is 24.0 Å². The summed E-state index contributed by atoms with van der Waals surface area (Å²) in [5, 5.41) is 2.35. The number of nitrogens with one attached hydrogen (secondary N) is 1. The van der Waals surface area contributed by atoms with Gasteiger partial charge in [0.05, 0.1) is 7.11 Å². The van der Waals surface area contributed by atoms with Gasteiger partial charge >= 0.3 is 35.8 Å². The van der Waals surface area contributed by atoms with Gasteiger partial charge in [-0.15, -0.1) is 0 Å². The lowest BCUT2D eigenvalue weighted by atomic mass is 10.2. The van der Waals surface area contributed by atoms with E-state index in [2.05, 4.69) is 10.1 Å². The number of rotatable bonds is 12. The Hall–Kier alpha value is -5.79. The van der Waals surface area contributed by atoms with E-state index in [4.69, 9.17) is 23.7 Å². The van der Waals surface area contributed by atoms with Crippen LogP contribution in [-0.2, 0) is 43.0 Å². The third-order valence-electron chi connectivity index (χ3n) is 4.98. The van der Waals surface area contributed by atoms with E-state index in [1.54, 1.807) is 0 Å². The van der Waals surface area contributed by atoms with Gasteiger partial charge in [-0.25, -0.2) is 9.59 Å². The SMILES string of the molecule is COC(=O)[C@@H](COC(=O)/C=C/c1ccc(OC(C)=O)c(OC(C)=O)c1)NC(=O)/C=C/c1ccc(OC(C)=O)c(OC(C)=O)c1. The first-order valence-electron chi connectivity index (χ1n) is 12.7. The van der Waals surface area contributed by atoms with Crippen LogP contribution in [0.2, 0.25) is 0 Å². The van der Waals surface area contributed by atoms with Crippen molar-refractivity contribution in [3.8, 4) is 23.0 Å². The highest BCUT2D eigenvalue weighted by Crippen LogP contribution is 2.30. The molecule has 14 nitrogen and oxygen atoms in total. The summed E-state index contributed by atoms with van der Waals surface area (Å²) in [5.74, 6) is -5.20. The Bertz CT molecular complexity index is 1510. The molecule has 14 heteroatoms. The molecule has 0 aliphatic carbocycles. The van der Waals surface area contributed by atoms with Crippen LogP contribution in [0.4, 0.5) is 0 Å². The molecule has 0 spiro atoms. The minimum atomic E-state index is -1.36. The third kappa shape index (κ3) is 12.0. The minimum absolute atomic E-state index is 0.000213. The first-order valence-corrected chi connectivity index (χ1v) is 12.7. The lowest BCUT2D eigenvalue weighted by Crippen LogP contribution is -2.44.